The van der Waals surface area contributed by atoms with Crippen molar-refractivity contribution in [1.29, 1.82) is 0 Å². The number of halogens is 1. The first-order chi connectivity index (χ1) is 12.3. The summed E-state index contributed by atoms with van der Waals surface area (Å²) in [5.74, 6) is -1.06. The predicted octanol–water partition coefficient (Wildman–Crippen LogP) is 1.99. The van der Waals surface area contributed by atoms with Gasteiger partial charge in [0, 0.05) is 26.2 Å². The largest absolute Gasteiger partial charge is 0.507 e. The van der Waals surface area contributed by atoms with Crippen LogP contribution >= 0.6 is 0 Å². The summed E-state index contributed by atoms with van der Waals surface area (Å²) in [6.07, 6.45) is 0. The molecule has 1 heterocycles. The van der Waals surface area contributed by atoms with Gasteiger partial charge in [-0.05, 0) is 37.3 Å². The standard InChI is InChI=1S/C18H19FN2O4S/c1-13-5-6-17(22)16(11-13)18(23)20-7-9-21(10-8-20)26(24,25)15-4-2-3-14(19)12-15/h2-6,11-12,22H,7-10H2,1H3. The Hall–Kier alpha value is -2.45. The maximum absolute atomic E-state index is 13.3. The molecule has 0 atom stereocenters. The minimum Gasteiger partial charge on any atom is -0.507 e. The normalized spacial score (nSPS) is 15.8. The van der Waals surface area contributed by atoms with Crippen molar-refractivity contribution in [2.75, 3.05) is 26.2 Å². The highest BCUT2D eigenvalue weighted by Gasteiger charge is 2.31. The minimum absolute atomic E-state index is 0.101. The van der Waals surface area contributed by atoms with Gasteiger partial charge in [0.1, 0.15) is 11.6 Å². The molecule has 1 amide bonds. The number of amides is 1. The van der Waals surface area contributed by atoms with Gasteiger partial charge in [-0.3, -0.25) is 4.79 Å². The summed E-state index contributed by atoms with van der Waals surface area (Å²) in [7, 11) is -3.81. The maximum atomic E-state index is 13.3. The van der Waals surface area contributed by atoms with E-state index in [9.17, 15) is 22.7 Å². The zero-order chi connectivity index (χ0) is 18.9. The van der Waals surface area contributed by atoms with Crippen molar-refractivity contribution < 1.29 is 22.7 Å². The molecule has 3 rings (SSSR count). The third kappa shape index (κ3) is 3.56. The minimum atomic E-state index is -3.81. The molecule has 1 fully saturated rings. The van der Waals surface area contributed by atoms with Crippen LogP contribution in [0.15, 0.2) is 47.4 Å². The Morgan fingerprint density at radius 3 is 2.42 bits per heavy atom. The van der Waals surface area contributed by atoms with Crippen LogP contribution in [0, 0.1) is 12.7 Å². The van der Waals surface area contributed by atoms with Gasteiger partial charge in [0.2, 0.25) is 10.0 Å². The van der Waals surface area contributed by atoms with Gasteiger partial charge in [-0.25, -0.2) is 12.8 Å². The third-order valence-electron chi connectivity index (χ3n) is 4.34. The first kappa shape index (κ1) is 18.3. The van der Waals surface area contributed by atoms with Crippen molar-refractivity contribution in [3.63, 3.8) is 0 Å². The summed E-state index contributed by atoms with van der Waals surface area (Å²) in [6.45, 7) is 2.43. The SMILES string of the molecule is Cc1ccc(O)c(C(=O)N2CCN(S(=O)(=O)c3cccc(F)c3)CC2)c1. The average molecular weight is 378 g/mol. The van der Waals surface area contributed by atoms with E-state index in [-0.39, 0.29) is 48.3 Å². The molecule has 0 saturated carbocycles. The van der Waals surface area contributed by atoms with Gasteiger partial charge >= 0.3 is 0 Å². The highest BCUT2D eigenvalue weighted by Crippen LogP contribution is 2.23. The molecule has 0 aliphatic carbocycles. The van der Waals surface area contributed by atoms with Crippen LogP contribution in [0.1, 0.15) is 15.9 Å². The fourth-order valence-corrected chi connectivity index (χ4v) is 4.35. The number of hydrogen-bond donors (Lipinski definition) is 1. The van der Waals surface area contributed by atoms with Crippen LogP contribution in [0.2, 0.25) is 0 Å². The quantitative estimate of drug-likeness (QED) is 0.886. The Kier molecular flexibility index (Phi) is 4.97. The summed E-state index contributed by atoms with van der Waals surface area (Å²) >= 11 is 0. The molecule has 1 saturated heterocycles. The van der Waals surface area contributed by atoms with Crippen LogP contribution in [0.4, 0.5) is 4.39 Å². The number of aryl methyl sites for hydroxylation is 1. The van der Waals surface area contributed by atoms with Gasteiger partial charge in [-0.15, -0.1) is 0 Å². The van der Waals surface area contributed by atoms with Gasteiger partial charge in [0.15, 0.2) is 0 Å². The van der Waals surface area contributed by atoms with Gasteiger partial charge in [-0.1, -0.05) is 17.7 Å². The zero-order valence-electron chi connectivity index (χ0n) is 14.2. The molecular formula is C18H19FN2O4S. The molecule has 0 bridgehead atoms. The van der Waals surface area contributed by atoms with Gasteiger partial charge in [-0.2, -0.15) is 4.31 Å². The lowest BCUT2D eigenvalue weighted by Crippen LogP contribution is -2.50. The van der Waals surface area contributed by atoms with Crippen LogP contribution < -0.4 is 0 Å². The summed E-state index contributed by atoms with van der Waals surface area (Å²) < 4.78 is 39.8. The molecule has 1 N–H and O–H groups in total. The highest BCUT2D eigenvalue weighted by atomic mass is 32.2. The molecule has 0 unspecified atom stereocenters. The van der Waals surface area contributed by atoms with E-state index < -0.39 is 15.8 Å². The summed E-state index contributed by atoms with van der Waals surface area (Å²) in [5.41, 5.74) is 1.05. The van der Waals surface area contributed by atoms with E-state index in [1.807, 2.05) is 6.92 Å². The molecule has 2 aromatic carbocycles. The van der Waals surface area contributed by atoms with Crippen molar-refractivity contribution in [2.45, 2.75) is 11.8 Å². The molecule has 0 spiro atoms. The molecule has 0 radical (unpaired) electrons. The van der Waals surface area contributed by atoms with Gasteiger partial charge in [0.25, 0.3) is 5.91 Å². The topological polar surface area (TPSA) is 77.9 Å². The Morgan fingerprint density at radius 2 is 1.77 bits per heavy atom. The number of carbonyl (C=O) groups is 1. The van der Waals surface area contributed by atoms with Crippen molar-refractivity contribution in [1.82, 2.24) is 9.21 Å². The van der Waals surface area contributed by atoms with Crippen LogP contribution in [-0.4, -0.2) is 54.8 Å². The number of carbonyl (C=O) groups excluding carboxylic acids is 1. The first-order valence-electron chi connectivity index (χ1n) is 8.13. The van der Waals surface area contributed by atoms with E-state index >= 15 is 0 Å². The molecular weight excluding hydrogens is 359 g/mol. The van der Waals surface area contributed by atoms with Crippen molar-refractivity contribution in [3.05, 3.63) is 59.4 Å². The second-order valence-corrected chi connectivity index (χ2v) is 8.11. The Labute approximate surface area is 151 Å². The Morgan fingerprint density at radius 1 is 1.08 bits per heavy atom. The second kappa shape index (κ2) is 7.05. The van der Waals surface area contributed by atoms with Crippen LogP contribution in [0.3, 0.4) is 0 Å². The number of rotatable bonds is 3. The number of hydrogen-bond acceptors (Lipinski definition) is 4. The predicted molar refractivity (Wildman–Crippen MR) is 93.9 cm³/mol. The van der Waals surface area contributed by atoms with Crippen LogP contribution in [-0.2, 0) is 10.0 Å². The molecule has 1 aliphatic rings. The second-order valence-electron chi connectivity index (χ2n) is 6.17. The van der Waals surface area contributed by atoms with E-state index in [2.05, 4.69) is 0 Å². The number of nitrogens with zero attached hydrogens (tertiary/aromatic N) is 2. The molecule has 1 aliphatic heterocycles. The van der Waals surface area contributed by atoms with Crippen LogP contribution in [0.25, 0.3) is 0 Å². The Bertz CT molecular complexity index is 938. The van der Waals surface area contributed by atoms with E-state index in [0.29, 0.717) is 0 Å². The van der Waals surface area contributed by atoms with Crippen molar-refractivity contribution in [2.24, 2.45) is 0 Å². The molecule has 8 heteroatoms. The lowest BCUT2D eigenvalue weighted by molar-refractivity contribution is 0.0694. The molecule has 6 nitrogen and oxygen atoms in total. The monoisotopic (exact) mass is 378 g/mol. The van der Waals surface area contributed by atoms with Crippen molar-refractivity contribution >= 4 is 15.9 Å². The van der Waals surface area contributed by atoms with Gasteiger partial charge in [0.05, 0.1) is 10.5 Å². The van der Waals surface area contributed by atoms with Crippen molar-refractivity contribution in [3.8, 4) is 5.75 Å². The van der Waals surface area contributed by atoms with E-state index in [4.69, 9.17) is 0 Å². The van der Waals surface area contributed by atoms with Gasteiger partial charge < -0.3 is 10.0 Å². The first-order valence-corrected chi connectivity index (χ1v) is 9.57. The lowest BCUT2D eigenvalue weighted by atomic mass is 10.1. The number of piperazine rings is 1. The number of benzene rings is 2. The van der Waals surface area contributed by atoms with E-state index in [0.717, 1.165) is 11.6 Å². The summed E-state index contributed by atoms with van der Waals surface area (Å²) in [6, 6.07) is 9.64. The molecule has 138 valence electrons. The zero-order valence-corrected chi connectivity index (χ0v) is 15.0. The smallest absolute Gasteiger partial charge is 0.257 e. The maximum Gasteiger partial charge on any atom is 0.257 e. The lowest BCUT2D eigenvalue weighted by Gasteiger charge is -2.34. The molecule has 0 aromatic heterocycles. The number of aromatic hydroxyl groups is 1. The Balaban J connectivity index is 1.73. The fourth-order valence-electron chi connectivity index (χ4n) is 2.90. The van der Waals surface area contributed by atoms with E-state index in [1.54, 1.807) is 12.1 Å². The number of phenolic OH excluding ortho intramolecular Hbond substituents is 1. The highest BCUT2D eigenvalue weighted by molar-refractivity contribution is 7.89. The average Bonchev–Trinajstić information content (AvgIpc) is 2.63. The third-order valence-corrected chi connectivity index (χ3v) is 6.24. The fraction of sp³-hybridized carbons (Fsp3) is 0.278. The number of phenols is 1. The molecule has 26 heavy (non-hydrogen) atoms. The summed E-state index contributed by atoms with van der Waals surface area (Å²) in [4.78, 5) is 14.0. The number of sulfonamides is 1. The molecule has 2 aromatic rings. The van der Waals surface area contributed by atoms with E-state index in [1.165, 1.54) is 33.5 Å². The van der Waals surface area contributed by atoms with Crippen LogP contribution in [0.5, 0.6) is 5.75 Å². The summed E-state index contributed by atoms with van der Waals surface area (Å²) in [5, 5.41) is 9.90.